The molecule has 3 N–H and O–H groups in total. The van der Waals surface area contributed by atoms with E-state index in [1.165, 1.54) is 6.07 Å². The van der Waals surface area contributed by atoms with E-state index in [9.17, 15) is 4.79 Å². The topological polar surface area (TPSA) is 92.7 Å². The summed E-state index contributed by atoms with van der Waals surface area (Å²) >= 11 is 16.7. The van der Waals surface area contributed by atoms with Crippen LogP contribution in [0.5, 0.6) is 0 Å². The third-order valence-electron chi connectivity index (χ3n) is 2.25. The van der Waals surface area contributed by atoms with Crippen LogP contribution in [0.25, 0.3) is 11.3 Å². The highest BCUT2D eigenvalue weighted by atomic mass is 35.5. The highest BCUT2D eigenvalue weighted by Gasteiger charge is 2.13. The standard InChI is InChI=1S/C11H5Cl2N3OS.C2H6O/c12-5-1-2-6(8(13)3-5)9-7(4-14)10(17)16-11(18)15-9;1-2-3/h1-3H,(H2,15,16,17,18);3H,2H2,1H3. The number of aliphatic hydroxyl groups excluding tert-OH is 1. The first kappa shape index (κ1) is 17.4. The van der Waals surface area contributed by atoms with Crippen molar-refractivity contribution < 1.29 is 5.11 Å². The highest BCUT2D eigenvalue weighted by molar-refractivity contribution is 7.71. The van der Waals surface area contributed by atoms with Crippen molar-refractivity contribution in [3.8, 4) is 17.3 Å². The van der Waals surface area contributed by atoms with E-state index in [-0.39, 0.29) is 22.6 Å². The molecule has 0 bridgehead atoms. The van der Waals surface area contributed by atoms with Gasteiger partial charge in [0.05, 0.1) is 10.7 Å². The fourth-order valence-electron chi connectivity index (χ4n) is 1.49. The maximum Gasteiger partial charge on any atom is 0.270 e. The number of nitrogens with zero attached hydrogens (tertiary/aromatic N) is 1. The first-order chi connectivity index (χ1) is 9.94. The van der Waals surface area contributed by atoms with Crippen LogP contribution in [-0.2, 0) is 0 Å². The Kier molecular flexibility index (Phi) is 6.59. The van der Waals surface area contributed by atoms with Crippen LogP contribution in [0.3, 0.4) is 0 Å². The number of nitrogens with one attached hydrogen (secondary N) is 2. The Morgan fingerprint density at radius 2 is 2.00 bits per heavy atom. The molecule has 0 amide bonds. The van der Waals surface area contributed by atoms with Crippen LogP contribution < -0.4 is 5.56 Å². The number of benzene rings is 1. The van der Waals surface area contributed by atoms with E-state index in [0.717, 1.165) is 0 Å². The Bertz CT molecular complexity index is 793. The number of hydrogen-bond acceptors (Lipinski definition) is 4. The number of aromatic amines is 2. The van der Waals surface area contributed by atoms with Gasteiger partial charge in [0.25, 0.3) is 5.56 Å². The van der Waals surface area contributed by atoms with Crippen molar-refractivity contribution in [1.29, 1.82) is 5.26 Å². The van der Waals surface area contributed by atoms with E-state index in [2.05, 4.69) is 9.97 Å². The second-order valence-corrected chi connectivity index (χ2v) is 4.96. The van der Waals surface area contributed by atoms with Gasteiger partial charge in [0.2, 0.25) is 0 Å². The molecule has 0 radical (unpaired) electrons. The summed E-state index contributed by atoms with van der Waals surface area (Å²) in [5.74, 6) is 0. The van der Waals surface area contributed by atoms with Gasteiger partial charge in [0.15, 0.2) is 4.77 Å². The lowest BCUT2D eigenvalue weighted by Crippen LogP contribution is -2.13. The minimum absolute atomic E-state index is 0.0761. The van der Waals surface area contributed by atoms with E-state index in [1.807, 2.05) is 6.07 Å². The third-order valence-corrected chi connectivity index (χ3v) is 3.01. The van der Waals surface area contributed by atoms with Crippen molar-refractivity contribution in [2.45, 2.75) is 6.92 Å². The van der Waals surface area contributed by atoms with Crippen LogP contribution >= 0.6 is 35.4 Å². The van der Waals surface area contributed by atoms with Gasteiger partial charge < -0.3 is 10.1 Å². The maximum absolute atomic E-state index is 11.6. The molecule has 1 aromatic carbocycles. The third kappa shape index (κ3) is 4.41. The Morgan fingerprint density at radius 1 is 1.38 bits per heavy atom. The summed E-state index contributed by atoms with van der Waals surface area (Å²) in [5, 5.41) is 17.4. The summed E-state index contributed by atoms with van der Waals surface area (Å²) in [7, 11) is 0. The van der Waals surface area contributed by atoms with Gasteiger partial charge in [-0.15, -0.1) is 0 Å². The molecule has 21 heavy (non-hydrogen) atoms. The van der Waals surface area contributed by atoms with Gasteiger partial charge in [-0.05, 0) is 37.3 Å². The zero-order valence-electron chi connectivity index (χ0n) is 10.9. The summed E-state index contributed by atoms with van der Waals surface area (Å²) < 4.78 is 0.125. The van der Waals surface area contributed by atoms with Crippen molar-refractivity contribution in [3.05, 3.63) is 48.9 Å². The number of hydrogen-bond donors (Lipinski definition) is 3. The lowest BCUT2D eigenvalue weighted by Gasteiger charge is -2.06. The zero-order valence-corrected chi connectivity index (χ0v) is 13.2. The maximum atomic E-state index is 11.6. The molecule has 0 aliphatic carbocycles. The summed E-state index contributed by atoms with van der Waals surface area (Å²) in [6.07, 6.45) is 0. The van der Waals surface area contributed by atoms with Crippen molar-refractivity contribution in [3.63, 3.8) is 0 Å². The molecular formula is C13H11Cl2N3O2S. The first-order valence-corrected chi connectivity index (χ1v) is 6.94. The highest BCUT2D eigenvalue weighted by Crippen LogP contribution is 2.29. The molecule has 5 nitrogen and oxygen atoms in total. The molecule has 8 heteroatoms. The lowest BCUT2D eigenvalue weighted by molar-refractivity contribution is 0.318. The molecule has 0 atom stereocenters. The average molecular weight is 344 g/mol. The first-order valence-electron chi connectivity index (χ1n) is 5.77. The normalized spacial score (nSPS) is 9.48. The molecule has 2 rings (SSSR count). The van der Waals surface area contributed by atoms with Gasteiger partial charge in [-0.3, -0.25) is 9.78 Å². The molecule has 0 aliphatic heterocycles. The predicted octanol–water partition coefficient (Wildman–Crippen LogP) is 3.28. The zero-order chi connectivity index (χ0) is 16.0. The van der Waals surface area contributed by atoms with Gasteiger partial charge in [0, 0.05) is 17.2 Å². The van der Waals surface area contributed by atoms with Crippen LogP contribution in [0.4, 0.5) is 0 Å². The number of nitriles is 1. The van der Waals surface area contributed by atoms with Crippen LogP contribution in [-0.4, -0.2) is 21.7 Å². The second kappa shape index (κ2) is 7.96. The van der Waals surface area contributed by atoms with Crippen molar-refractivity contribution in [2.24, 2.45) is 0 Å². The molecule has 0 unspecified atom stereocenters. The van der Waals surface area contributed by atoms with Crippen molar-refractivity contribution >= 4 is 35.4 Å². The molecule has 0 aliphatic rings. The SMILES string of the molecule is CCO.N#Cc1c(-c2ccc(Cl)cc2Cl)[nH]c(=S)[nH]c1=O. The molecule has 110 valence electrons. The smallest absolute Gasteiger partial charge is 0.270 e. The molecule has 0 saturated carbocycles. The van der Waals surface area contributed by atoms with E-state index in [4.69, 9.17) is 45.8 Å². The van der Waals surface area contributed by atoms with Gasteiger partial charge in [-0.25, -0.2) is 0 Å². The summed E-state index contributed by atoms with van der Waals surface area (Å²) in [5.41, 5.74) is 0.151. The number of halogens is 2. The van der Waals surface area contributed by atoms with Crippen LogP contribution in [0.1, 0.15) is 12.5 Å². The van der Waals surface area contributed by atoms with E-state index in [0.29, 0.717) is 15.6 Å². The fourth-order valence-corrected chi connectivity index (χ4v) is 2.19. The van der Waals surface area contributed by atoms with Gasteiger partial charge in [0.1, 0.15) is 11.6 Å². The second-order valence-electron chi connectivity index (χ2n) is 3.71. The molecule has 2 aromatic rings. The van der Waals surface area contributed by atoms with E-state index < -0.39 is 5.56 Å². The largest absolute Gasteiger partial charge is 0.397 e. The number of rotatable bonds is 1. The van der Waals surface area contributed by atoms with Gasteiger partial charge in [-0.2, -0.15) is 5.26 Å². The molecule has 0 spiro atoms. The molecule has 0 saturated heterocycles. The monoisotopic (exact) mass is 343 g/mol. The molecule has 1 heterocycles. The summed E-state index contributed by atoms with van der Waals surface area (Å²) in [6.45, 7) is 1.93. The predicted molar refractivity (Wildman–Crippen MR) is 85.2 cm³/mol. The minimum Gasteiger partial charge on any atom is -0.397 e. The fraction of sp³-hybridized carbons (Fsp3) is 0.154. The molecule has 0 fully saturated rings. The molecule has 1 aromatic heterocycles. The Hall–Kier alpha value is -1.65. The Morgan fingerprint density at radius 3 is 2.52 bits per heavy atom. The number of aromatic nitrogens is 2. The number of H-pyrrole nitrogens is 2. The molecular weight excluding hydrogens is 333 g/mol. The lowest BCUT2D eigenvalue weighted by atomic mass is 10.1. The van der Waals surface area contributed by atoms with Gasteiger partial charge >= 0.3 is 0 Å². The van der Waals surface area contributed by atoms with Crippen LogP contribution in [0, 0.1) is 16.1 Å². The summed E-state index contributed by atoms with van der Waals surface area (Å²) in [4.78, 5) is 16.7. The minimum atomic E-state index is -0.553. The van der Waals surface area contributed by atoms with Gasteiger partial charge in [-0.1, -0.05) is 23.2 Å². The van der Waals surface area contributed by atoms with E-state index >= 15 is 0 Å². The van der Waals surface area contributed by atoms with Crippen LogP contribution in [0.2, 0.25) is 10.0 Å². The Labute approximate surface area is 135 Å². The Balaban J connectivity index is 0.000000677. The van der Waals surface area contributed by atoms with Crippen molar-refractivity contribution in [2.75, 3.05) is 6.61 Å². The average Bonchev–Trinajstić information content (AvgIpc) is 2.38. The quantitative estimate of drug-likeness (QED) is 0.692. The summed E-state index contributed by atoms with van der Waals surface area (Å²) in [6, 6.07) is 6.57. The van der Waals surface area contributed by atoms with E-state index in [1.54, 1.807) is 19.1 Å². The van der Waals surface area contributed by atoms with Crippen molar-refractivity contribution in [1.82, 2.24) is 9.97 Å². The number of aliphatic hydroxyl groups is 1. The van der Waals surface area contributed by atoms with Crippen LogP contribution in [0.15, 0.2) is 23.0 Å².